The number of hydrogen-bond acceptors (Lipinski definition) is 2. The van der Waals surface area contributed by atoms with E-state index >= 15 is 0 Å². The van der Waals surface area contributed by atoms with Gasteiger partial charge in [0.15, 0.2) is 0 Å². The minimum Gasteiger partial charge on any atom is -0.312 e. The van der Waals surface area contributed by atoms with Gasteiger partial charge in [0.1, 0.15) is 0 Å². The maximum atomic E-state index is 5.95. The van der Waals surface area contributed by atoms with Crippen molar-refractivity contribution in [1.29, 1.82) is 0 Å². The number of nitrogens with one attached hydrogen (secondary N) is 1. The molecular weight excluding hydrogens is 214 g/mol. The van der Waals surface area contributed by atoms with Crippen LogP contribution in [-0.2, 0) is 0 Å². The Hall–Kier alpha value is -0.0500. The Morgan fingerprint density at radius 3 is 2.64 bits per heavy atom. The summed E-state index contributed by atoms with van der Waals surface area (Å²) in [6.45, 7) is 2.34. The van der Waals surface area contributed by atoms with Crippen LogP contribution in [0, 0.1) is 11.8 Å². The topological polar surface area (TPSA) is 12.0 Å². The van der Waals surface area contributed by atoms with Crippen molar-refractivity contribution in [3.63, 3.8) is 0 Å². The Morgan fingerprint density at radius 1 is 1.50 bits per heavy atom. The predicted octanol–water partition coefficient (Wildman–Crippen LogP) is 3.71. The maximum Gasteiger partial charge on any atom is 0.0931 e. The van der Waals surface area contributed by atoms with Crippen LogP contribution >= 0.6 is 22.9 Å². The molecule has 3 heteroatoms. The molecule has 1 heterocycles. The van der Waals surface area contributed by atoms with Gasteiger partial charge in [0.2, 0.25) is 0 Å². The highest BCUT2D eigenvalue weighted by Crippen LogP contribution is 2.44. The van der Waals surface area contributed by atoms with Gasteiger partial charge < -0.3 is 5.32 Å². The molecule has 0 radical (unpaired) electrons. The third-order valence-corrected chi connectivity index (χ3v) is 4.42. The summed E-state index contributed by atoms with van der Waals surface area (Å²) in [5.74, 6) is 1.66. The van der Waals surface area contributed by atoms with Gasteiger partial charge in [0, 0.05) is 10.9 Å². The van der Waals surface area contributed by atoms with Crippen molar-refractivity contribution in [2.75, 3.05) is 7.05 Å². The average Bonchev–Trinajstić information content (AvgIpc) is 2.92. The number of thiophene rings is 1. The predicted molar refractivity (Wildman–Crippen MR) is 63.0 cm³/mol. The van der Waals surface area contributed by atoms with Crippen molar-refractivity contribution < 1.29 is 0 Å². The fourth-order valence-electron chi connectivity index (χ4n) is 2.05. The van der Waals surface area contributed by atoms with Gasteiger partial charge in [-0.1, -0.05) is 18.5 Å². The second-order valence-corrected chi connectivity index (χ2v) is 5.85. The van der Waals surface area contributed by atoms with Crippen molar-refractivity contribution in [2.24, 2.45) is 11.8 Å². The van der Waals surface area contributed by atoms with E-state index in [1.54, 1.807) is 11.3 Å². The van der Waals surface area contributed by atoms with Crippen LogP contribution in [0.5, 0.6) is 0 Å². The number of hydrogen-bond donors (Lipinski definition) is 1. The second-order valence-electron chi connectivity index (χ2n) is 4.10. The summed E-state index contributed by atoms with van der Waals surface area (Å²) in [7, 11) is 2.04. The van der Waals surface area contributed by atoms with Gasteiger partial charge in [0.25, 0.3) is 0 Å². The standard InChI is InChI=1S/C11H16ClNS/c1-7(8-3-4-8)11(13-2)9-5-6-10(12)14-9/h5-8,11,13H,3-4H2,1-2H3. The van der Waals surface area contributed by atoms with Gasteiger partial charge in [-0.25, -0.2) is 0 Å². The first-order valence-electron chi connectivity index (χ1n) is 5.15. The highest BCUT2D eigenvalue weighted by atomic mass is 35.5. The third kappa shape index (κ3) is 2.13. The lowest BCUT2D eigenvalue weighted by molar-refractivity contribution is 0.374. The zero-order valence-electron chi connectivity index (χ0n) is 8.59. The van der Waals surface area contributed by atoms with E-state index < -0.39 is 0 Å². The van der Waals surface area contributed by atoms with Crippen LogP contribution in [0.15, 0.2) is 12.1 Å². The average molecular weight is 230 g/mol. The van der Waals surface area contributed by atoms with Crippen LogP contribution in [0.25, 0.3) is 0 Å². The molecule has 1 aliphatic carbocycles. The number of rotatable bonds is 4. The molecule has 78 valence electrons. The van der Waals surface area contributed by atoms with E-state index in [0.29, 0.717) is 6.04 Å². The van der Waals surface area contributed by atoms with Gasteiger partial charge >= 0.3 is 0 Å². The Bertz CT molecular complexity index is 306. The Labute approximate surface area is 94.5 Å². The van der Waals surface area contributed by atoms with Gasteiger partial charge in [0.05, 0.1) is 4.34 Å². The van der Waals surface area contributed by atoms with Crippen molar-refractivity contribution in [2.45, 2.75) is 25.8 Å². The molecule has 1 saturated carbocycles. The quantitative estimate of drug-likeness (QED) is 0.830. The van der Waals surface area contributed by atoms with Crippen molar-refractivity contribution in [3.05, 3.63) is 21.3 Å². The lowest BCUT2D eigenvalue weighted by Gasteiger charge is -2.22. The van der Waals surface area contributed by atoms with Crippen molar-refractivity contribution in [1.82, 2.24) is 5.32 Å². The summed E-state index contributed by atoms with van der Waals surface area (Å²) >= 11 is 7.65. The van der Waals surface area contributed by atoms with Gasteiger partial charge in [-0.2, -0.15) is 0 Å². The fraction of sp³-hybridized carbons (Fsp3) is 0.636. The van der Waals surface area contributed by atoms with Gasteiger partial charge in [-0.05, 0) is 43.9 Å². The van der Waals surface area contributed by atoms with E-state index in [9.17, 15) is 0 Å². The SMILES string of the molecule is CNC(c1ccc(Cl)s1)C(C)C1CC1. The Kier molecular flexibility index (Phi) is 3.15. The summed E-state index contributed by atoms with van der Waals surface area (Å²) in [4.78, 5) is 1.37. The van der Waals surface area contributed by atoms with Crippen LogP contribution in [0.1, 0.15) is 30.7 Å². The van der Waals surface area contributed by atoms with Crippen LogP contribution in [0.4, 0.5) is 0 Å². The van der Waals surface area contributed by atoms with Crippen molar-refractivity contribution in [3.8, 4) is 0 Å². The molecule has 1 aromatic rings. The zero-order chi connectivity index (χ0) is 10.1. The lowest BCUT2D eigenvalue weighted by atomic mass is 9.95. The molecule has 2 rings (SSSR count). The zero-order valence-corrected chi connectivity index (χ0v) is 10.2. The van der Waals surface area contributed by atoms with E-state index in [1.807, 2.05) is 13.1 Å². The van der Waals surface area contributed by atoms with Crippen LogP contribution < -0.4 is 5.32 Å². The second kappa shape index (κ2) is 4.21. The Balaban J connectivity index is 2.11. The maximum absolute atomic E-state index is 5.95. The largest absolute Gasteiger partial charge is 0.312 e. The summed E-state index contributed by atoms with van der Waals surface area (Å²) in [6, 6.07) is 4.62. The molecule has 1 fully saturated rings. The minimum absolute atomic E-state index is 0.486. The molecule has 1 N–H and O–H groups in total. The molecule has 2 unspecified atom stereocenters. The van der Waals surface area contributed by atoms with E-state index in [4.69, 9.17) is 11.6 Å². The summed E-state index contributed by atoms with van der Waals surface area (Å²) in [6.07, 6.45) is 2.80. The van der Waals surface area contributed by atoms with E-state index in [1.165, 1.54) is 17.7 Å². The molecule has 1 aromatic heterocycles. The first-order chi connectivity index (χ1) is 6.72. The van der Waals surface area contributed by atoms with Crippen LogP contribution in [0.3, 0.4) is 0 Å². The molecule has 2 atom stereocenters. The molecule has 0 aromatic carbocycles. The molecule has 0 aliphatic heterocycles. The number of halogens is 1. The fourth-order valence-corrected chi connectivity index (χ4v) is 3.34. The summed E-state index contributed by atoms with van der Waals surface area (Å²) in [5, 5.41) is 3.40. The molecule has 0 saturated heterocycles. The molecule has 1 nitrogen and oxygen atoms in total. The minimum atomic E-state index is 0.486. The van der Waals surface area contributed by atoms with E-state index in [0.717, 1.165) is 16.2 Å². The monoisotopic (exact) mass is 229 g/mol. The van der Waals surface area contributed by atoms with Gasteiger partial charge in [-0.15, -0.1) is 11.3 Å². The highest BCUT2D eigenvalue weighted by molar-refractivity contribution is 7.16. The van der Waals surface area contributed by atoms with E-state index in [2.05, 4.69) is 18.3 Å². The third-order valence-electron chi connectivity index (χ3n) is 3.10. The van der Waals surface area contributed by atoms with Crippen LogP contribution in [0.2, 0.25) is 4.34 Å². The molecule has 0 bridgehead atoms. The first-order valence-corrected chi connectivity index (χ1v) is 6.34. The molecule has 0 amide bonds. The molecular formula is C11H16ClNS. The van der Waals surface area contributed by atoms with E-state index in [-0.39, 0.29) is 0 Å². The normalized spacial score (nSPS) is 20.8. The summed E-state index contributed by atoms with van der Waals surface area (Å²) < 4.78 is 0.892. The molecule has 1 aliphatic rings. The smallest absolute Gasteiger partial charge is 0.0931 e. The summed E-state index contributed by atoms with van der Waals surface area (Å²) in [5.41, 5.74) is 0. The Morgan fingerprint density at radius 2 is 2.21 bits per heavy atom. The first kappa shape index (κ1) is 10.5. The molecule has 0 spiro atoms. The van der Waals surface area contributed by atoms with Gasteiger partial charge in [-0.3, -0.25) is 0 Å². The highest BCUT2D eigenvalue weighted by Gasteiger charge is 2.33. The van der Waals surface area contributed by atoms with Crippen LogP contribution in [-0.4, -0.2) is 7.05 Å². The van der Waals surface area contributed by atoms with Crippen molar-refractivity contribution >= 4 is 22.9 Å². The lowest BCUT2D eigenvalue weighted by Crippen LogP contribution is -2.23. The molecule has 14 heavy (non-hydrogen) atoms.